The molecule has 0 aliphatic rings. The number of aromatic nitrogens is 2. The highest BCUT2D eigenvalue weighted by Gasteiger charge is 2.11. The Morgan fingerprint density at radius 1 is 1.29 bits per heavy atom. The molecule has 1 aromatic heterocycles. The van der Waals surface area contributed by atoms with E-state index in [2.05, 4.69) is 15.5 Å². The molecule has 0 aliphatic carbocycles. The van der Waals surface area contributed by atoms with Crippen molar-refractivity contribution >= 4 is 40.4 Å². The van der Waals surface area contributed by atoms with Gasteiger partial charge in [-0.15, -0.1) is 10.2 Å². The number of amides is 1. The van der Waals surface area contributed by atoms with E-state index >= 15 is 0 Å². The van der Waals surface area contributed by atoms with Gasteiger partial charge in [0.05, 0.1) is 0 Å². The number of nitrogens with one attached hydrogen (secondary N) is 1. The van der Waals surface area contributed by atoms with Crippen LogP contribution in [-0.4, -0.2) is 16.1 Å². The van der Waals surface area contributed by atoms with Crippen molar-refractivity contribution in [1.82, 2.24) is 15.5 Å². The van der Waals surface area contributed by atoms with Crippen LogP contribution in [0.25, 0.3) is 0 Å². The van der Waals surface area contributed by atoms with E-state index in [-0.39, 0.29) is 15.4 Å². The number of hydrogen-bond donors (Lipinski definition) is 1. The summed E-state index contributed by atoms with van der Waals surface area (Å²) < 4.78 is 0.243. The van der Waals surface area contributed by atoms with Crippen molar-refractivity contribution in [3.05, 3.63) is 44.3 Å². The summed E-state index contributed by atoms with van der Waals surface area (Å²) in [4.78, 5) is 11.6. The molecule has 1 heterocycles. The molecule has 0 spiro atoms. The normalized spacial score (nSPS) is 10.2. The van der Waals surface area contributed by atoms with Gasteiger partial charge in [0.1, 0.15) is 0 Å². The van der Waals surface area contributed by atoms with Crippen LogP contribution in [-0.2, 0) is 6.54 Å². The Morgan fingerprint density at radius 2 is 2.06 bits per heavy atom. The second kappa shape index (κ2) is 5.44. The Labute approximate surface area is 112 Å². The first-order valence-corrected chi connectivity index (χ1v) is 6.24. The lowest BCUT2D eigenvalue weighted by Gasteiger charge is -2.04. The third-order valence-electron chi connectivity index (χ3n) is 1.99. The van der Waals surface area contributed by atoms with Crippen LogP contribution in [0.5, 0.6) is 0 Å². The van der Waals surface area contributed by atoms with Crippen LogP contribution in [0, 0.1) is 0 Å². The molecule has 0 fully saturated rings. The molecule has 0 saturated carbocycles. The maximum absolute atomic E-state index is 11.6. The van der Waals surface area contributed by atoms with Gasteiger partial charge in [0, 0.05) is 11.6 Å². The predicted molar refractivity (Wildman–Crippen MR) is 67.5 cm³/mol. The lowest BCUT2D eigenvalue weighted by molar-refractivity contribution is 0.0950. The fourth-order valence-corrected chi connectivity index (χ4v) is 2.14. The number of carbonyl (C=O) groups is 1. The fourth-order valence-electron chi connectivity index (χ4n) is 1.19. The zero-order valence-corrected chi connectivity index (χ0v) is 10.8. The van der Waals surface area contributed by atoms with E-state index < -0.39 is 0 Å². The number of halogens is 2. The van der Waals surface area contributed by atoms with Crippen molar-refractivity contribution in [2.45, 2.75) is 6.54 Å². The van der Waals surface area contributed by atoms with Crippen LogP contribution < -0.4 is 5.32 Å². The molecule has 17 heavy (non-hydrogen) atoms. The molecule has 0 radical (unpaired) electrons. The minimum atomic E-state index is -0.311. The first kappa shape index (κ1) is 12.3. The van der Waals surface area contributed by atoms with E-state index in [0.29, 0.717) is 11.6 Å². The highest BCUT2D eigenvalue weighted by Crippen LogP contribution is 2.16. The van der Waals surface area contributed by atoms with Gasteiger partial charge in [-0.2, -0.15) is 0 Å². The maximum atomic E-state index is 11.6. The molecule has 0 unspecified atom stereocenters. The molecule has 0 bridgehead atoms. The first-order chi connectivity index (χ1) is 8.16. The number of hydrogen-bond acceptors (Lipinski definition) is 4. The fraction of sp³-hybridized carbons (Fsp3) is 0.100. The van der Waals surface area contributed by atoms with E-state index in [1.807, 2.05) is 18.2 Å². The molecule has 1 aromatic carbocycles. The second-order valence-corrected chi connectivity index (χ2v) is 5.10. The number of carbonyl (C=O) groups excluding carboxylic acids is 1. The summed E-state index contributed by atoms with van der Waals surface area (Å²) in [7, 11) is 0. The van der Waals surface area contributed by atoms with Gasteiger partial charge in [0.25, 0.3) is 5.91 Å². The zero-order chi connectivity index (χ0) is 12.3. The Bertz CT molecular complexity index is 544. The molecule has 7 heteroatoms. The van der Waals surface area contributed by atoms with E-state index in [4.69, 9.17) is 23.2 Å². The number of rotatable bonds is 3. The summed E-state index contributed by atoms with van der Waals surface area (Å²) in [6.07, 6.45) is 0. The molecule has 1 amide bonds. The van der Waals surface area contributed by atoms with E-state index in [1.54, 1.807) is 6.07 Å². The van der Waals surface area contributed by atoms with Gasteiger partial charge in [-0.25, -0.2) is 0 Å². The third-order valence-corrected chi connectivity index (χ3v) is 3.38. The molecule has 0 aliphatic heterocycles. The van der Waals surface area contributed by atoms with Crippen LogP contribution in [0.2, 0.25) is 9.49 Å². The largest absolute Gasteiger partial charge is 0.346 e. The first-order valence-electron chi connectivity index (χ1n) is 4.67. The van der Waals surface area contributed by atoms with Crippen LogP contribution in [0.4, 0.5) is 0 Å². The average molecular weight is 288 g/mol. The predicted octanol–water partition coefficient (Wildman–Crippen LogP) is 2.77. The Kier molecular flexibility index (Phi) is 3.93. The van der Waals surface area contributed by atoms with Crippen molar-refractivity contribution in [3.63, 3.8) is 0 Å². The number of nitrogens with zero attached hydrogens (tertiary/aromatic N) is 2. The minimum Gasteiger partial charge on any atom is -0.346 e. The van der Waals surface area contributed by atoms with Gasteiger partial charge < -0.3 is 5.32 Å². The SMILES string of the molecule is O=C(NCc1ccccc1Cl)c1nnc(Cl)s1. The van der Waals surface area contributed by atoms with E-state index in [0.717, 1.165) is 16.9 Å². The molecular formula is C10H7Cl2N3OS. The molecule has 0 atom stereocenters. The summed E-state index contributed by atoms with van der Waals surface area (Å²) in [5, 5.41) is 10.7. The van der Waals surface area contributed by atoms with Crippen LogP contribution in [0.1, 0.15) is 15.4 Å². The van der Waals surface area contributed by atoms with Crippen molar-refractivity contribution in [2.24, 2.45) is 0 Å². The number of benzene rings is 1. The Hall–Kier alpha value is -1.17. The van der Waals surface area contributed by atoms with Crippen LogP contribution >= 0.6 is 34.5 Å². The lowest BCUT2D eigenvalue weighted by atomic mass is 10.2. The van der Waals surface area contributed by atoms with Crippen molar-refractivity contribution in [2.75, 3.05) is 0 Å². The van der Waals surface area contributed by atoms with Crippen molar-refractivity contribution < 1.29 is 4.79 Å². The van der Waals surface area contributed by atoms with Gasteiger partial charge in [-0.05, 0) is 23.2 Å². The second-order valence-electron chi connectivity index (χ2n) is 3.13. The topological polar surface area (TPSA) is 54.9 Å². The zero-order valence-electron chi connectivity index (χ0n) is 8.48. The smallest absolute Gasteiger partial charge is 0.282 e. The lowest BCUT2D eigenvalue weighted by Crippen LogP contribution is -2.22. The highest BCUT2D eigenvalue weighted by atomic mass is 35.5. The summed E-state index contributed by atoms with van der Waals surface area (Å²) >= 11 is 12.6. The molecule has 2 aromatic rings. The van der Waals surface area contributed by atoms with Gasteiger partial charge in [0.2, 0.25) is 9.47 Å². The van der Waals surface area contributed by atoms with Crippen molar-refractivity contribution in [1.29, 1.82) is 0 Å². The van der Waals surface area contributed by atoms with Crippen LogP contribution in [0.15, 0.2) is 24.3 Å². The third kappa shape index (κ3) is 3.15. The monoisotopic (exact) mass is 287 g/mol. The summed E-state index contributed by atoms with van der Waals surface area (Å²) in [6, 6.07) is 7.30. The van der Waals surface area contributed by atoms with Gasteiger partial charge in [-0.3, -0.25) is 4.79 Å². The standard InChI is InChI=1S/C10H7Cl2N3OS/c11-7-4-2-1-3-6(7)5-13-8(16)9-14-15-10(12)17-9/h1-4H,5H2,(H,13,16). The summed E-state index contributed by atoms with van der Waals surface area (Å²) in [5.74, 6) is -0.311. The average Bonchev–Trinajstić information content (AvgIpc) is 2.74. The van der Waals surface area contributed by atoms with Gasteiger partial charge in [0.15, 0.2) is 0 Å². The molecule has 2 rings (SSSR count). The Balaban J connectivity index is 1.99. The van der Waals surface area contributed by atoms with Crippen molar-refractivity contribution in [3.8, 4) is 0 Å². The van der Waals surface area contributed by atoms with E-state index in [9.17, 15) is 4.79 Å². The molecule has 0 saturated heterocycles. The molecular weight excluding hydrogens is 281 g/mol. The summed E-state index contributed by atoms with van der Waals surface area (Å²) in [5.41, 5.74) is 0.845. The maximum Gasteiger partial charge on any atom is 0.282 e. The van der Waals surface area contributed by atoms with E-state index in [1.165, 1.54) is 0 Å². The Morgan fingerprint density at radius 3 is 2.71 bits per heavy atom. The molecule has 88 valence electrons. The van der Waals surface area contributed by atoms with Gasteiger partial charge in [-0.1, -0.05) is 41.1 Å². The highest BCUT2D eigenvalue weighted by molar-refractivity contribution is 7.17. The quantitative estimate of drug-likeness (QED) is 0.944. The molecule has 1 N–H and O–H groups in total. The molecule has 4 nitrogen and oxygen atoms in total. The minimum absolute atomic E-state index is 0.238. The van der Waals surface area contributed by atoms with Crippen LogP contribution in [0.3, 0.4) is 0 Å². The van der Waals surface area contributed by atoms with Gasteiger partial charge >= 0.3 is 0 Å². The summed E-state index contributed by atoms with van der Waals surface area (Å²) in [6.45, 7) is 0.343.